The van der Waals surface area contributed by atoms with Crippen molar-refractivity contribution in [3.8, 4) is 5.75 Å². The average molecular weight is 426 g/mol. The van der Waals surface area contributed by atoms with Crippen LogP contribution in [-0.4, -0.2) is 20.9 Å². The van der Waals surface area contributed by atoms with Crippen molar-refractivity contribution >= 4 is 32.8 Å². The highest BCUT2D eigenvalue weighted by Crippen LogP contribution is 2.45. The van der Waals surface area contributed by atoms with Crippen LogP contribution < -0.4 is 10.1 Å². The molecule has 2 heterocycles. The zero-order valence-electron chi connectivity index (χ0n) is 15.5. The third-order valence-corrected chi connectivity index (χ3v) is 7.79. The molecule has 0 unspecified atom stereocenters. The molecule has 0 bridgehead atoms. The van der Waals surface area contributed by atoms with Crippen LogP contribution in [0.1, 0.15) is 22.8 Å². The Morgan fingerprint density at radius 2 is 1.86 bits per heavy atom. The monoisotopic (exact) mass is 425 g/mol. The fourth-order valence-corrected chi connectivity index (χ4v) is 6.28. The maximum Gasteiger partial charge on any atom is 0.225 e. The topological polar surface area (TPSA) is 72.5 Å². The van der Waals surface area contributed by atoms with Crippen molar-refractivity contribution < 1.29 is 17.9 Å². The molecule has 148 valence electrons. The summed E-state index contributed by atoms with van der Waals surface area (Å²) < 4.78 is 31.7. The number of rotatable bonds is 6. The molecule has 0 spiro atoms. The van der Waals surface area contributed by atoms with E-state index in [-0.39, 0.29) is 28.0 Å². The third kappa shape index (κ3) is 3.71. The van der Waals surface area contributed by atoms with E-state index in [1.54, 1.807) is 41.8 Å². The van der Waals surface area contributed by atoms with Gasteiger partial charge in [0, 0.05) is 22.6 Å². The lowest BCUT2D eigenvalue weighted by Gasteiger charge is -2.24. The van der Waals surface area contributed by atoms with Crippen molar-refractivity contribution in [1.82, 2.24) is 0 Å². The molecule has 1 aromatic heterocycles. The minimum absolute atomic E-state index is 0.146. The molecular weight excluding hydrogens is 406 g/mol. The summed E-state index contributed by atoms with van der Waals surface area (Å²) in [6, 6.07) is 15.8. The van der Waals surface area contributed by atoms with Crippen LogP contribution in [0.5, 0.6) is 5.75 Å². The Kier molecular flexibility index (Phi) is 5.25. The van der Waals surface area contributed by atoms with E-state index in [2.05, 4.69) is 11.9 Å². The Hall–Kier alpha value is -2.90. The second-order valence-corrected chi connectivity index (χ2v) is 9.46. The second kappa shape index (κ2) is 7.85. The molecule has 0 saturated heterocycles. The first-order valence-electron chi connectivity index (χ1n) is 9.05. The molecule has 7 heteroatoms. The van der Waals surface area contributed by atoms with Crippen molar-refractivity contribution in [2.75, 3.05) is 11.9 Å². The van der Waals surface area contributed by atoms with Gasteiger partial charge in [0.1, 0.15) is 17.3 Å². The lowest BCUT2D eigenvalue weighted by Crippen LogP contribution is -2.23. The molecule has 0 aliphatic carbocycles. The van der Waals surface area contributed by atoms with E-state index < -0.39 is 9.84 Å². The summed E-state index contributed by atoms with van der Waals surface area (Å²) in [7, 11) is -3.72. The molecule has 0 radical (unpaired) electrons. The molecule has 1 aliphatic rings. The predicted octanol–water partition coefficient (Wildman–Crippen LogP) is 4.62. The van der Waals surface area contributed by atoms with Crippen molar-refractivity contribution in [2.45, 2.75) is 22.1 Å². The van der Waals surface area contributed by atoms with Crippen molar-refractivity contribution in [2.24, 2.45) is 0 Å². The number of ether oxygens (including phenoxy) is 1. The smallest absolute Gasteiger partial charge is 0.225 e. The summed E-state index contributed by atoms with van der Waals surface area (Å²) in [6.07, 6.45) is 1.94. The minimum Gasteiger partial charge on any atom is -0.490 e. The molecule has 0 fully saturated rings. The van der Waals surface area contributed by atoms with Gasteiger partial charge in [-0.05, 0) is 29.8 Å². The van der Waals surface area contributed by atoms with Crippen LogP contribution in [-0.2, 0) is 14.6 Å². The van der Waals surface area contributed by atoms with Gasteiger partial charge >= 0.3 is 0 Å². The lowest BCUT2D eigenvalue weighted by atomic mass is 9.90. The van der Waals surface area contributed by atoms with E-state index in [4.69, 9.17) is 4.74 Å². The second-order valence-electron chi connectivity index (χ2n) is 6.63. The van der Waals surface area contributed by atoms with Gasteiger partial charge in [-0.1, -0.05) is 43.0 Å². The highest BCUT2D eigenvalue weighted by Gasteiger charge is 2.34. The van der Waals surface area contributed by atoms with Crippen LogP contribution >= 0.6 is 11.3 Å². The number of hydrogen-bond acceptors (Lipinski definition) is 5. The fourth-order valence-electron chi connectivity index (χ4n) is 3.35. The largest absolute Gasteiger partial charge is 0.490 e. The van der Waals surface area contributed by atoms with E-state index >= 15 is 0 Å². The van der Waals surface area contributed by atoms with Crippen molar-refractivity contribution in [3.63, 3.8) is 0 Å². The number of carbonyl (C=O) groups is 1. The highest BCUT2D eigenvalue weighted by atomic mass is 32.2. The first-order chi connectivity index (χ1) is 14.0. The van der Waals surface area contributed by atoms with E-state index in [0.717, 1.165) is 10.4 Å². The Balaban J connectivity index is 1.72. The van der Waals surface area contributed by atoms with Crippen LogP contribution in [0.25, 0.3) is 0 Å². The summed E-state index contributed by atoms with van der Waals surface area (Å²) in [5.74, 6) is 0.321. The van der Waals surface area contributed by atoms with Gasteiger partial charge in [0.25, 0.3) is 0 Å². The quantitative estimate of drug-likeness (QED) is 0.585. The number of anilines is 1. The van der Waals surface area contributed by atoms with Gasteiger partial charge in [0.2, 0.25) is 15.7 Å². The van der Waals surface area contributed by atoms with Gasteiger partial charge in [0.15, 0.2) is 0 Å². The van der Waals surface area contributed by atoms with Crippen LogP contribution in [0.15, 0.2) is 82.4 Å². The van der Waals surface area contributed by atoms with E-state index in [9.17, 15) is 13.2 Å². The fraction of sp³-hybridized carbons (Fsp3) is 0.136. The van der Waals surface area contributed by atoms with Crippen molar-refractivity contribution in [3.05, 3.63) is 83.1 Å². The molecular formula is C22H19NO4S2. The molecule has 1 aliphatic heterocycles. The number of carbonyl (C=O) groups excluding carboxylic acids is 1. The highest BCUT2D eigenvalue weighted by molar-refractivity contribution is 7.91. The molecule has 29 heavy (non-hydrogen) atoms. The van der Waals surface area contributed by atoms with Crippen LogP contribution in [0.2, 0.25) is 0 Å². The Bertz CT molecular complexity index is 1150. The summed E-state index contributed by atoms with van der Waals surface area (Å²) in [6.45, 7) is 4.04. The van der Waals surface area contributed by atoms with Gasteiger partial charge in [-0.15, -0.1) is 11.3 Å². The number of fused-ring (bicyclic) bond motifs is 1. The Morgan fingerprint density at radius 1 is 1.14 bits per heavy atom. The van der Waals surface area contributed by atoms with Crippen molar-refractivity contribution in [1.29, 1.82) is 0 Å². The maximum atomic E-state index is 13.1. The van der Waals surface area contributed by atoms with Gasteiger partial charge in [-0.25, -0.2) is 8.42 Å². The van der Waals surface area contributed by atoms with Gasteiger partial charge in [0.05, 0.1) is 10.6 Å². The number of sulfone groups is 1. The summed E-state index contributed by atoms with van der Waals surface area (Å²) in [5, 5.41) is 4.40. The number of benzene rings is 2. The number of hydrogen-bond donors (Lipinski definition) is 1. The first-order valence-corrected chi connectivity index (χ1v) is 11.4. The molecule has 1 atom stereocenters. The normalized spacial score (nSPS) is 16.0. The molecule has 1 N–H and O–H groups in total. The zero-order valence-corrected chi connectivity index (χ0v) is 17.1. The zero-order chi connectivity index (χ0) is 20.4. The average Bonchev–Trinajstić information content (AvgIpc) is 3.17. The standard InChI is InChI=1S/C22H19NO4S2/c1-2-12-27-16-10-8-15(9-11-16)18-13-20(24)23-21-19(14-28-22(18)21)29(25,26)17-6-4-3-5-7-17/h2-11,14,18H,1,12-13H2,(H,23,24)/t18-/m0/s1. The predicted molar refractivity (Wildman–Crippen MR) is 113 cm³/mol. The number of thiophene rings is 1. The lowest BCUT2D eigenvalue weighted by molar-refractivity contribution is -0.116. The van der Waals surface area contributed by atoms with E-state index in [1.165, 1.54) is 11.3 Å². The molecule has 2 aromatic carbocycles. The minimum atomic E-state index is -3.72. The summed E-state index contributed by atoms with van der Waals surface area (Å²) in [4.78, 5) is 13.6. The van der Waals surface area contributed by atoms with E-state index in [1.807, 2.05) is 24.3 Å². The van der Waals surface area contributed by atoms with Crippen LogP contribution in [0.3, 0.4) is 0 Å². The van der Waals surface area contributed by atoms with Crippen LogP contribution in [0.4, 0.5) is 5.69 Å². The Morgan fingerprint density at radius 3 is 2.55 bits per heavy atom. The SMILES string of the molecule is C=CCOc1ccc([C@@H]2CC(=O)Nc3c(S(=O)(=O)c4ccccc4)csc32)cc1. The summed E-state index contributed by atoms with van der Waals surface area (Å²) >= 11 is 1.36. The molecule has 1 amide bonds. The molecule has 0 saturated carbocycles. The third-order valence-electron chi connectivity index (χ3n) is 4.75. The molecule has 5 nitrogen and oxygen atoms in total. The summed E-state index contributed by atoms with van der Waals surface area (Å²) in [5.41, 5.74) is 1.34. The van der Waals surface area contributed by atoms with Gasteiger partial charge < -0.3 is 10.1 Å². The van der Waals surface area contributed by atoms with Crippen LogP contribution in [0, 0.1) is 0 Å². The first kappa shape index (κ1) is 19.4. The Labute approximate surface area is 173 Å². The number of amides is 1. The van der Waals surface area contributed by atoms with Gasteiger partial charge in [-0.3, -0.25) is 4.79 Å². The van der Waals surface area contributed by atoms with Gasteiger partial charge in [-0.2, -0.15) is 0 Å². The molecule has 3 aromatic rings. The van der Waals surface area contributed by atoms with E-state index in [0.29, 0.717) is 18.0 Å². The molecule has 4 rings (SSSR count). The maximum absolute atomic E-state index is 13.1. The number of nitrogens with one attached hydrogen (secondary N) is 1.